The number of nitrogen functional groups attached to an aromatic ring is 1. The molecule has 0 unspecified atom stereocenters. The van der Waals surface area contributed by atoms with Crippen molar-refractivity contribution in [1.82, 2.24) is 9.55 Å². The Morgan fingerprint density at radius 3 is 3.11 bits per heavy atom. The molecule has 0 bridgehead atoms. The summed E-state index contributed by atoms with van der Waals surface area (Å²) >= 11 is 1.37. The summed E-state index contributed by atoms with van der Waals surface area (Å²) in [5.41, 5.74) is 6.35. The minimum absolute atomic E-state index is 0.430. The van der Waals surface area contributed by atoms with Gasteiger partial charge in [0.05, 0.1) is 13.7 Å². The first-order valence-corrected chi connectivity index (χ1v) is 6.67. The van der Waals surface area contributed by atoms with Crippen molar-refractivity contribution in [2.45, 2.75) is 13.1 Å². The van der Waals surface area contributed by atoms with E-state index in [1.807, 2.05) is 6.20 Å². The van der Waals surface area contributed by atoms with Gasteiger partial charge in [-0.2, -0.15) is 5.26 Å². The summed E-state index contributed by atoms with van der Waals surface area (Å²) in [5.74, 6) is 1.61. The molecular weight excluding hydrogens is 262 g/mol. The Kier molecular flexibility index (Phi) is 2.80. The molecule has 2 N–H and O–H groups in total. The van der Waals surface area contributed by atoms with Crippen molar-refractivity contribution in [1.29, 1.82) is 5.26 Å². The number of fused-ring (bicyclic) bond motifs is 1. The summed E-state index contributed by atoms with van der Waals surface area (Å²) < 4.78 is 7.48. The highest BCUT2D eigenvalue weighted by Gasteiger charge is 2.25. The Bertz CT molecular complexity index is 654. The molecule has 2 aromatic heterocycles. The van der Waals surface area contributed by atoms with Gasteiger partial charge in [0.15, 0.2) is 5.75 Å². The molecule has 2 aromatic rings. The lowest BCUT2D eigenvalue weighted by molar-refractivity contribution is 0.416. The van der Waals surface area contributed by atoms with Crippen LogP contribution in [-0.4, -0.2) is 23.2 Å². The Morgan fingerprint density at radius 1 is 1.53 bits per heavy atom. The Labute approximate surface area is 114 Å². The van der Waals surface area contributed by atoms with Crippen molar-refractivity contribution in [3.05, 3.63) is 23.1 Å². The summed E-state index contributed by atoms with van der Waals surface area (Å²) in [7, 11) is 1.58. The SMILES string of the molecule is COc1c(N2CCn3ccnc3C2)sc(C#N)c1N. The van der Waals surface area contributed by atoms with E-state index in [-0.39, 0.29) is 0 Å². The summed E-state index contributed by atoms with van der Waals surface area (Å²) in [6, 6.07) is 2.11. The second kappa shape index (κ2) is 4.48. The number of hydrogen-bond acceptors (Lipinski definition) is 6. The standard InChI is InChI=1S/C12H13N5OS/c1-18-11-10(14)8(6-13)19-12(11)17-5-4-16-3-2-15-9(16)7-17/h2-3H,4-5,7,14H2,1H3. The maximum Gasteiger partial charge on any atom is 0.177 e. The molecule has 0 radical (unpaired) electrons. The largest absolute Gasteiger partial charge is 0.492 e. The number of hydrogen-bond donors (Lipinski definition) is 1. The van der Waals surface area contributed by atoms with E-state index >= 15 is 0 Å². The first-order valence-electron chi connectivity index (χ1n) is 5.86. The molecular formula is C12H13N5OS. The fourth-order valence-electron chi connectivity index (χ4n) is 2.25. The molecule has 19 heavy (non-hydrogen) atoms. The molecule has 7 heteroatoms. The van der Waals surface area contributed by atoms with Crippen molar-refractivity contribution in [3.8, 4) is 11.8 Å². The Hall–Kier alpha value is -2.20. The molecule has 0 aliphatic carbocycles. The van der Waals surface area contributed by atoms with E-state index in [9.17, 15) is 0 Å². The number of anilines is 2. The Balaban J connectivity index is 1.98. The lowest BCUT2D eigenvalue weighted by Gasteiger charge is -2.28. The molecule has 98 valence electrons. The maximum atomic E-state index is 9.06. The monoisotopic (exact) mass is 275 g/mol. The maximum absolute atomic E-state index is 9.06. The number of imidazole rings is 1. The molecule has 0 fully saturated rings. The van der Waals surface area contributed by atoms with Gasteiger partial charge >= 0.3 is 0 Å². The summed E-state index contributed by atoms with van der Waals surface area (Å²) in [4.78, 5) is 6.98. The van der Waals surface area contributed by atoms with Gasteiger partial charge in [0.25, 0.3) is 0 Å². The van der Waals surface area contributed by atoms with E-state index in [0.717, 1.165) is 23.9 Å². The van der Waals surface area contributed by atoms with Crippen LogP contribution in [-0.2, 0) is 13.1 Å². The van der Waals surface area contributed by atoms with Crippen LogP contribution < -0.4 is 15.4 Å². The zero-order valence-electron chi connectivity index (χ0n) is 10.5. The second-order valence-electron chi connectivity index (χ2n) is 4.25. The van der Waals surface area contributed by atoms with Crippen molar-refractivity contribution >= 4 is 22.0 Å². The minimum Gasteiger partial charge on any atom is -0.492 e. The molecule has 0 atom stereocenters. The van der Waals surface area contributed by atoms with Gasteiger partial charge in [-0.15, -0.1) is 11.3 Å². The fraction of sp³-hybridized carbons (Fsp3) is 0.333. The van der Waals surface area contributed by atoms with Crippen molar-refractivity contribution in [2.75, 3.05) is 24.3 Å². The molecule has 3 heterocycles. The van der Waals surface area contributed by atoms with E-state index in [2.05, 4.69) is 20.5 Å². The lowest BCUT2D eigenvalue weighted by atomic mass is 10.3. The first-order chi connectivity index (χ1) is 9.24. The highest BCUT2D eigenvalue weighted by Crippen LogP contribution is 2.45. The van der Waals surface area contributed by atoms with Crippen LogP contribution in [0, 0.1) is 11.3 Å². The Morgan fingerprint density at radius 2 is 2.37 bits per heavy atom. The number of nitriles is 1. The van der Waals surface area contributed by atoms with Gasteiger partial charge in [-0.05, 0) is 0 Å². The van der Waals surface area contributed by atoms with Crippen molar-refractivity contribution in [2.24, 2.45) is 0 Å². The number of ether oxygens (including phenoxy) is 1. The normalized spacial score (nSPS) is 14.0. The zero-order valence-corrected chi connectivity index (χ0v) is 11.3. The third kappa shape index (κ3) is 1.81. The molecule has 1 aliphatic heterocycles. The van der Waals surface area contributed by atoms with Crippen molar-refractivity contribution in [3.63, 3.8) is 0 Å². The summed E-state index contributed by atoms with van der Waals surface area (Å²) in [6.45, 7) is 2.43. The van der Waals surface area contributed by atoms with Gasteiger partial charge in [0.2, 0.25) is 0 Å². The molecule has 0 saturated heterocycles. The third-order valence-electron chi connectivity index (χ3n) is 3.22. The number of rotatable bonds is 2. The minimum atomic E-state index is 0.430. The van der Waals surface area contributed by atoms with Gasteiger partial charge in [-0.3, -0.25) is 0 Å². The van der Waals surface area contributed by atoms with Gasteiger partial charge in [-0.25, -0.2) is 4.98 Å². The molecule has 0 amide bonds. The van der Waals surface area contributed by atoms with Crippen LogP contribution in [0.5, 0.6) is 5.75 Å². The van der Waals surface area contributed by atoms with Crippen LogP contribution in [0.1, 0.15) is 10.7 Å². The van der Waals surface area contributed by atoms with E-state index in [4.69, 9.17) is 15.7 Å². The molecule has 6 nitrogen and oxygen atoms in total. The fourth-order valence-corrected chi connectivity index (χ4v) is 3.26. The number of thiophene rings is 1. The van der Waals surface area contributed by atoms with Crippen LogP contribution in [0.15, 0.2) is 12.4 Å². The molecule has 0 saturated carbocycles. The molecule has 0 spiro atoms. The van der Waals surface area contributed by atoms with Gasteiger partial charge < -0.3 is 19.9 Å². The predicted octanol–water partition coefficient (Wildman–Crippen LogP) is 1.43. The van der Waals surface area contributed by atoms with Crippen LogP contribution in [0.3, 0.4) is 0 Å². The number of methoxy groups -OCH3 is 1. The lowest BCUT2D eigenvalue weighted by Crippen LogP contribution is -2.33. The topological polar surface area (TPSA) is 80.1 Å². The third-order valence-corrected chi connectivity index (χ3v) is 4.37. The van der Waals surface area contributed by atoms with Crippen molar-refractivity contribution < 1.29 is 4.74 Å². The molecule has 3 rings (SSSR count). The predicted molar refractivity (Wildman–Crippen MR) is 73.3 cm³/mol. The van der Waals surface area contributed by atoms with Gasteiger partial charge in [-0.1, -0.05) is 0 Å². The van der Waals surface area contributed by atoms with E-state index in [0.29, 0.717) is 22.9 Å². The van der Waals surface area contributed by atoms with Crippen LogP contribution in [0.25, 0.3) is 0 Å². The number of aromatic nitrogens is 2. The van der Waals surface area contributed by atoms with Crippen LogP contribution in [0.4, 0.5) is 10.7 Å². The quantitative estimate of drug-likeness (QED) is 0.896. The van der Waals surface area contributed by atoms with E-state index in [1.54, 1.807) is 13.3 Å². The average Bonchev–Trinajstić information content (AvgIpc) is 3.01. The van der Waals surface area contributed by atoms with E-state index in [1.165, 1.54) is 11.3 Å². The molecule has 0 aromatic carbocycles. The molecule has 1 aliphatic rings. The smallest absolute Gasteiger partial charge is 0.177 e. The number of nitrogens with zero attached hydrogens (tertiary/aromatic N) is 4. The average molecular weight is 275 g/mol. The summed E-state index contributed by atoms with van der Waals surface area (Å²) in [6.07, 6.45) is 3.78. The van der Waals surface area contributed by atoms with E-state index < -0.39 is 0 Å². The van der Waals surface area contributed by atoms with Gasteiger partial charge in [0, 0.05) is 25.5 Å². The highest BCUT2D eigenvalue weighted by atomic mass is 32.1. The second-order valence-corrected chi connectivity index (χ2v) is 5.25. The highest BCUT2D eigenvalue weighted by molar-refractivity contribution is 7.17. The van der Waals surface area contributed by atoms with Crippen LogP contribution in [0.2, 0.25) is 0 Å². The zero-order chi connectivity index (χ0) is 13.4. The van der Waals surface area contributed by atoms with Gasteiger partial charge in [0.1, 0.15) is 27.5 Å². The number of nitrogens with two attached hydrogens (primary N) is 1. The first kappa shape index (κ1) is 11.9. The van der Waals surface area contributed by atoms with Crippen LogP contribution >= 0.6 is 11.3 Å². The summed E-state index contributed by atoms with van der Waals surface area (Å²) in [5, 5.41) is 9.97.